The van der Waals surface area contributed by atoms with Gasteiger partial charge in [-0.2, -0.15) is 0 Å². The van der Waals surface area contributed by atoms with Crippen molar-refractivity contribution in [1.29, 1.82) is 0 Å². The van der Waals surface area contributed by atoms with E-state index in [4.69, 9.17) is 0 Å². The van der Waals surface area contributed by atoms with Gasteiger partial charge in [-0.25, -0.2) is 4.79 Å². The molecule has 140 valence electrons. The van der Waals surface area contributed by atoms with E-state index in [1.165, 1.54) is 5.69 Å². The number of hydrogen-bond acceptors (Lipinski definition) is 4. The molecule has 1 amide bonds. The number of rotatable bonds is 4. The number of carbonyl (C=O) groups excluding carboxylic acids is 1. The van der Waals surface area contributed by atoms with Gasteiger partial charge in [0.25, 0.3) is 0 Å². The number of para-hydroxylation sites is 1. The van der Waals surface area contributed by atoms with Crippen LogP contribution in [0.2, 0.25) is 0 Å². The fourth-order valence-electron chi connectivity index (χ4n) is 3.52. The van der Waals surface area contributed by atoms with Gasteiger partial charge < -0.3 is 25.1 Å². The molecule has 0 saturated carbocycles. The third-order valence-electron chi connectivity index (χ3n) is 4.97. The molecule has 3 N–H and O–H groups in total. The molecule has 7 heteroatoms. The number of imidazole rings is 1. The highest BCUT2D eigenvalue weighted by Gasteiger charge is 2.21. The van der Waals surface area contributed by atoms with Gasteiger partial charge in [0, 0.05) is 38.3 Å². The Hall–Kier alpha value is -3.22. The first-order chi connectivity index (χ1) is 13.1. The second kappa shape index (κ2) is 7.19. The zero-order valence-electron chi connectivity index (χ0n) is 15.3. The number of aromatic nitrogens is 2. The van der Waals surface area contributed by atoms with Gasteiger partial charge in [0.05, 0.1) is 22.4 Å². The van der Waals surface area contributed by atoms with Crippen LogP contribution in [0, 0.1) is 0 Å². The van der Waals surface area contributed by atoms with Crippen LogP contribution in [0.4, 0.5) is 17.1 Å². The van der Waals surface area contributed by atoms with Crippen LogP contribution in [0.25, 0.3) is 11.0 Å². The van der Waals surface area contributed by atoms with Crippen LogP contribution in [0.1, 0.15) is 13.3 Å². The Morgan fingerprint density at radius 3 is 2.30 bits per heavy atom. The molecule has 3 aromatic rings. The van der Waals surface area contributed by atoms with E-state index < -0.39 is 0 Å². The van der Waals surface area contributed by atoms with Crippen molar-refractivity contribution in [1.82, 2.24) is 9.97 Å². The molecular weight excluding hydrogens is 342 g/mol. The minimum Gasteiger partial charge on any atom is -0.368 e. The fraction of sp³-hybridized carbons (Fsp3) is 0.300. The molecule has 2 heterocycles. The van der Waals surface area contributed by atoms with Gasteiger partial charge in [0.1, 0.15) is 0 Å². The van der Waals surface area contributed by atoms with Crippen molar-refractivity contribution >= 4 is 34.0 Å². The van der Waals surface area contributed by atoms with Crippen LogP contribution in [0.3, 0.4) is 0 Å². The minimum absolute atomic E-state index is 0.0450. The lowest BCUT2D eigenvalue weighted by Gasteiger charge is -2.38. The highest BCUT2D eigenvalue weighted by molar-refractivity contribution is 5.98. The maximum absolute atomic E-state index is 12.0. The number of H-pyrrole nitrogens is 2. The van der Waals surface area contributed by atoms with Gasteiger partial charge in [-0.3, -0.25) is 4.79 Å². The summed E-state index contributed by atoms with van der Waals surface area (Å²) < 4.78 is 0. The maximum atomic E-state index is 12.0. The Morgan fingerprint density at radius 1 is 1.00 bits per heavy atom. The van der Waals surface area contributed by atoms with E-state index in [0.29, 0.717) is 11.9 Å². The molecule has 1 saturated heterocycles. The predicted octanol–water partition coefficient (Wildman–Crippen LogP) is 2.53. The summed E-state index contributed by atoms with van der Waals surface area (Å²) in [6.07, 6.45) is 0.406. The van der Waals surface area contributed by atoms with Gasteiger partial charge in [0.2, 0.25) is 5.91 Å². The molecule has 1 fully saturated rings. The molecule has 4 rings (SSSR count). The van der Waals surface area contributed by atoms with Crippen molar-refractivity contribution < 1.29 is 4.79 Å². The number of aromatic amines is 2. The van der Waals surface area contributed by atoms with E-state index >= 15 is 0 Å². The quantitative estimate of drug-likeness (QED) is 0.663. The lowest BCUT2D eigenvalue weighted by Crippen LogP contribution is -2.46. The zero-order valence-corrected chi connectivity index (χ0v) is 15.3. The number of fused-ring (bicyclic) bond motifs is 1. The van der Waals surface area contributed by atoms with Crippen LogP contribution in [0.5, 0.6) is 0 Å². The molecule has 7 nitrogen and oxygen atoms in total. The van der Waals surface area contributed by atoms with E-state index in [1.807, 2.05) is 25.1 Å². The van der Waals surface area contributed by atoms with Gasteiger partial charge in [-0.15, -0.1) is 0 Å². The van der Waals surface area contributed by atoms with E-state index in [2.05, 4.69) is 49.4 Å². The molecule has 0 atom stereocenters. The normalized spacial score (nSPS) is 14.6. The molecule has 1 aromatic heterocycles. The first-order valence-corrected chi connectivity index (χ1v) is 9.25. The number of anilines is 3. The van der Waals surface area contributed by atoms with Crippen molar-refractivity contribution in [2.45, 2.75) is 13.3 Å². The molecule has 0 radical (unpaired) electrons. The number of nitrogens with zero attached hydrogens (tertiary/aromatic N) is 2. The zero-order chi connectivity index (χ0) is 18.8. The summed E-state index contributed by atoms with van der Waals surface area (Å²) in [5, 5.41) is 2.97. The van der Waals surface area contributed by atoms with Crippen LogP contribution >= 0.6 is 0 Å². The largest absolute Gasteiger partial charge is 0.368 e. The molecule has 27 heavy (non-hydrogen) atoms. The smallest absolute Gasteiger partial charge is 0.323 e. The summed E-state index contributed by atoms with van der Waals surface area (Å²) in [6.45, 7) is 5.29. The first-order valence-electron chi connectivity index (χ1n) is 9.25. The summed E-state index contributed by atoms with van der Waals surface area (Å²) in [6, 6.07) is 14.1. The average Bonchev–Trinajstić information content (AvgIpc) is 3.07. The molecular formula is C20H23N5O2. The summed E-state index contributed by atoms with van der Waals surface area (Å²) in [7, 11) is 0. The summed E-state index contributed by atoms with van der Waals surface area (Å²) in [5.74, 6) is -0.0450. The number of nitrogens with one attached hydrogen (secondary N) is 3. The standard InChI is InChI=1S/C20H23N5O2/c1-2-19(26)21-17-12-15-16(23-20(27)22-15)13-18(17)25-10-8-24(9-11-25)14-6-4-3-5-7-14/h3-7,12-13H,2,8-11H2,1H3,(H,21,26)(H2,22,23,27). The lowest BCUT2D eigenvalue weighted by atomic mass is 10.1. The van der Waals surface area contributed by atoms with Crippen LogP contribution in [-0.4, -0.2) is 42.1 Å². The van der Waals surface area contributed by atoms with E-state index in [-0.39, 0.29) is 11.6 Å². The number of benzene rings is 2. The van der Waals surface area contributed by atoms with E-state index in [0.717, 1.165) is 43.1 Å². The SMILES string of the molecule is CCC(=O)Nc1cc2[nH]c(=O)[nH]c2cc1N1CCN(c2ccccc2)CC1. The van der Waals surface area contributed by atoms with E-state index in [1.54, 1.807) is 0 Å². The molecule has 1 aliphatic rings. The monoisotopic (exact) mass is 365 g/mol. The van der Waals surface area contributed by atoms with Gasteiger partial charge >= 0.3 is 5.69 Å². The third kappa shape index (κ3) is 3.53. The van der Waals surface area contributed by atoms with Crippen molar-refractivity contribution in [3.8, 4) is 0 Å². The Balaban J connectivity index is 1.61. The molecule has 0 spiro atoms. The van der Waals surface area contributed by atoms with Gasteiger partial charge in [-0.05, 0) is 24.3 Å². The van der Waals surface area contributed by atoms with Crippen molar-refractivity contribution in [2.24, 2.45) is 0 Å². The summed E-state index contributed by atoms with van der Waals surface area (Å²) >= 11 is 0. The topological polar surface area (TPSA) is 84.2 Å². The Labute approximate surface area is 157 Å². The summed E-state index contributed by atoms with van der Waals surface area (Å²) in [4.78, 5) is 33.8. The van der Waals surface area contributed by atoms with Crippen molar-refractivity contribution in [2.75, 3.05) is 41.3 Å². The molecule has 0 aliphatic carbocycles. The minimum atomic E-state index is -0.246. The second-order valence-electron chi connectivity index (χ2n) is 6.71. The van der Waals surface area contributed by atoms with Gasteiger partial charge in [0.15, 0.2) is 0 Å². The molecule has 2 aromatic carbocycles. The van der Waals surface area contributed by atoms with Crippen LogP contribution in [-0.2, 0) is 4.79 Å². The van der Waals surface area contributed by atoms with Crippen LogP contribution in [0.15, 0.2) is 47.3 Å². The number of hydrogen-bond donors (Lipinski definition) is 3. The third-order valence-corrected chi connectivity index (χ3v) is 4.97. The Morgan fingerprint density at radius 2 is 1.63 bits per heavy atom. The number of amides is 1. The predicted molar refractivity (Wildman–Crippen MR) is 109 cm³/mol. The number of piperazine rings is 1. The van der Waals surface area contributed by atoms with Crippen molar-refractivity contribution in [3.05, 3.63) is 52.9 Å². The second-order valence-corrected chi connectivity index (χ2v) is 6.71. The molecule has 1 aliphatic heterocycles. The first kappa shape index (κ1) is 17.2. The van der Waals surface area contributed by atoms with Gasteiger partial charge in [-0.1, -0.05) is 25.1 Å². The molecule has 0 unspecified atom stereocenters. The van der Waals surface area contributed by atoms with Crippen molar-refractivity contribution in [3.63, 3.8) is 0 Å². The fourth-order valence-corrected chi connectivity index (χ4v) is 3.52. The highest BCUT2D eigenvalue weighted by Crippen LogP contribution is 2.31. The Bertz CT molecular complexity index is 1000. The average molecular weight is 365 g/mol. The maximum Gasteiger partial charge on any atom is 0.323 e. The summed E-state index contributed by atoms with van der Waals surface area (Å²) in [5.41, 5.74) is 4.09. The Kier molecular flexibility index (Phi) is 4.58. The highest BCUT2D eigenvalue weighted by atomic mass is 16.1. The molecule has 0 bridgehead atoms. The van der Waals surface area contributed by atoms with Crippen LogP contribution < -0.4 is 20.8 Å². The lowest BCUT2D eigenvalue weighted by molar-refractivity contribution is -0.115. The number of carbonyl (C=O) groups is 1. The van der Waals surface area contributed by atoms with E-state index in [9.17, 15) is 9.59 Å².